The number of ether oxygens (including phenoxy) is 2. The van der Waals surface area contributed by atoms with Crippen molar-refractivity contribution in [2.24, 2.45) is 0 Å². The van der Waals surface area contributed by atoms with Crippen LogP contribution in [0.4, 0.5) is 74.6 Å². The van der Waals surface area contributed by atoms with E-state index in [1.54, 1.807) is 0 Å². The average Bonchev–Trinajstić information content (AvgIpc) is 2.41. The Morgan fingerprint density at radius 3 is 1.13 bits per heavy atom. The maximum absolute atomic E-state index is 13.5. The minimum atomic E-state index is -8.09. The van der Waals surface area contributed by atoms with Crippen LogP contribution < -0.4 is 0 Å². The zero-order valence-corrected chi connectivity index (χ0v) is 15.6. The Balaban J connectivity index is 0. The standard InChI is InChI=1S/C9HF17O4.Na/c10-2(1(27)28,5(14,15)16)29-9(25,26)4(13,7(20,21)22)30-8(23,24)3(11,12)6(17,18)19;/h(H,27,28);. The molecule has 0 aliphatic heterocycles. The monoisotopic (exact) mass is 519 g/mol. The van der Waals surface area contributed by atoms with E-state index < -0.39 is 54.3 Å². The molecule has 0 saturated carbocycles. The molecule has 0 saturated heterocycles. The molecule has 2 atom stereocenters. The van der Waals surface area contributed by atoms with Crippen LogP contribution in [0.1, 0.15) is 0 Å². The number of carbonyl (C=O) groups is 1. The first-order valence-electron chi connectivity index (χ1n) is 5.96. The molecule has 181 valence electrons. The molecule has 0 aromatic heterocycles. The molecule has 0 heterocycles. The van der Waals surface area contributed by atoms with Gasteiger partial charge in [-0.05, 0) is 0 Å². The predicted molar refractivity (Wildman–Crippen MR) is 56.2 cm³/mol. The second kappa shape index (κ2) is 8.52. The van der Waals surface area contributed by atoms with Crippen molar-refractivity contribution < 1.29 is 94.0 Å². The van der Waals surface area contributed by atoms with Gasteiger partial charge >= 0.3 is 54.3 Å². The van der Waals surface area contributed by atoms with Gasteiger partial charge < -0.3 is 5.11 Å². The van der Waals surface area contributed by atoms with Gasteiger partial charge in [0.25, 0.3) is 0 Å². The first kappa shape index (κ1) is 32.4. The van der Waals surface area contributed by atoms with Crippen LogP contribution >= 0.6 is 0 Å². The summed E-state index contributed by atoms with van der Waals surface area (Å²) >= 11 is 0. The molecule has 0 rings (SSSR count). The number of aliphatic carboxylic acids is 1. The van der Waals surface area contributed by atoms with Gasteiger partial charge in [-0.2, -0.15) is 74.6 Å². The Kier molecular flexibility index (Phi) is 8.90. The summed E-state index contributed by atoms with van der Waals surface area (Å²) in [5, 5.41) is 7.85. The summed E-state index contributed by atoms with van der Waals surface area (Å²) in [7, 11) is 0. The molecular formula is C9HF17NaO4. The number of carboxylic acid groups (broad SMARTS) is 1. The van der Waals surface area contributed by atoms with Crippen molar-refractivity contribution in [2.45, 2.75) is 48.4 Å². The van der Waals surface area contributed by atoms with Crippen molar-refractivity contribution in [3.05, 3.63) is 0 Å². The van der Waals surface area contributed by atoms with E-state index in [-0.39, 0.29) is 29.6 Å². The summed E-state index contributed by atoms with van der Waals surface area (Å²) < 4.78 is 216. The molecule has 0 aromatic rings. The number of hydrogen-bond donors (Lipinski definition) is 1. The zero-order valence-electron chi connectivity index (χ0n) is 13.6. The van der Waals surface area contributed by atoms with E-state index in [0.29, 0.717) is 0 Å². The third kappa shape index (κ3) is 5.58. The Bertz CT molecular complexity index is 653. The quantitative estimate of drug-likeness (QED) is 0.396. The maximum Gasteiger partial charge on any atom is 0.462 e. The van der Waals surface area contributed by atoms with Crippen LogP contribution in [0.5, 0.6) is 0 Å². The topological polar surface area (TPSA) is 55.8 Å². The van der Waals surface area contributed by atoms with Gasteiger partial charge in [-0.1, -0.05) is 0 Å². The third-order valence-corrected chi connectivity index (χ3v) is 2.64. The molecule has 0 fully saturated rings. The van der Waals surface area contributed by atoms with Crippen LogP contribution in [0.3, 0.4) is 0 Å². The van der Waals surface area contributed by atoms with Gasteiger partial charge in [-0.15, -0.1) is 0 Å². The molecule has 1 radical (unpaired) electrons. The van der Waals surface area contributed by atoms with Gasteiger partial charge in [-0.3, -0.25) is 9.47 Å². The maximum atomic E-state index is 13.5. The number of rotatable bonds is 7. The van der Waals surface area contributed by atoms with Crippen molar-refractivity contribution in [3.8, 4) is 0 Å². The van der Waals surface area contributed by atoms with Crippen molar-refractivity contribution in [2.75, 3.05) is 0 Å². The molecule has 0 aromatic carbocycles. The van der Waals surface area contributed by atoms with Gasteiger partial charge in [0.1, 0.15) is 0 Å². The fourth-order valence-corrected chi connectivity index (χ4v) is 1.15. The second-order valence-electron chi connectivity index (χ2n) is 4.80. The van der Waals surface area contributed by atoms with E-state index >= 15 is 0 Å². The molecule has 0 aliphatic rings. The van der Waals surface area contributed by atoms with E-state index in [0.717, 1.165) is 0 Å². The SMILES string of the molecule is O=C(O)C(F)(OC(F)(F)C(F)(OC(F)(F)C(F)(F)C(F)(F)F)C(F)(F)F)C(F)(F)F.[Na]. The smallest absolute Gasteiger partial charge is 0.462 e. The van der Waals surface area contributed by atoms with E-state index in [1.165, 1.54) is 9.47 Å². The molecular weight excluding hydrogens is 518 g/mol. The zero-order chi connectivity index (χ0) is 25.0. The summed E-state index contributed by atoms with van der Waals surface area (Å²) in [6, 6.07) is 0. The van der Waals surface area contributed by atoms with E-state index in [4.69, 9.17) is 5.11 Å². The predicted octanol–water partition coefficient (Wildman–Crippen LogP) is 4.56. The summed E-state index contributed by atoms with van der Waals surface area (Å²) in [5.74, 6) is -27.3. The largest absolute Gasteiger partial charge is 0.477 e. The molecule has 1 N–H and O–H groups in total. The summed E-state index contributed by atoms with van der Waals surface area (Å²) in [5.41, 5.74) is 0. The van der Waals surface area contributed by atoms with Gasteiger partial charge in [0.15, 0.2) is 0 Å². The first-order chi connectivity index (χ1) is 12.6. The second-order valence-corrected chi connectivity index (χ2v) is 4.80. The van der Waals surface area contributed by atoms with Crippen LogP contribution in [-0.4, -0.2) is 89.0 Å². The van der Waals surface area contributed by atoms with Crippen molar-refractivity contribution in [1.82, 2.24) is 0 Å². The molecule has 0 amide bonds. The van der Waals surface area contributed by atoms with Crippen LogP contribution in [-0.2, 0) is 14.3 Å². The molecule has 31 heavy (non-hydrogen) atoms. The summed E-state index contributed by atoms with van der Waals surface area (Å²) in [4.78, 5) is 10.1. The molecule has 2 unspecified atom stereocenters. The number of hydrogen-bond acceptors (Lipinski definition) is 3. The van der Waals surface area contributed by atoms with Crippen LogP contribution in [0.25, 0.3) is 0 Å². The van der Waals surface area contributed by atoms with Crippen molar-refractivity contribution in [3.63, 3.8) is 0 Å². The normalized spacial score (nSPS) is 18.6. The number of halogens is 17. The average molecular weight is 519 g/mol. The Morgan fingerprint density at radius 1 is 0.548 bits per heavy atom. The fraction of sp³-hybridized carbons (Fsp3) is 0.889. The minimum Gasteiger partial charge on any atom is -0.477 e. The van der Waals surface area contributed by atoms with Gasteiger partial charge in [-0.25, -0.2) is 4.79 Å². The van der Waals surface area contributed by atoms with Gasteiger partial charge in [0.2, 0.25) is 0 Å². The molecule has 0 aliphatic carbocycles. The van der Waals surface area contributed by atoms with E-state index in [1.807, 2.05) is 0 Å². The molecule has 0 spiro atoms. The first-order valence-corrected chi connectivity index (χ1v) is 5.96. The van der Waals surface area contributed by atoms with Crippen LogP contribution in [0.2, 0.25) is 0 Å². The van der Waals surface area contributed by atoms with E-state index in [9.17, 15) is 79.4 Å². The minimum absolute atomic E-state index is 0. The fourth-order valence-electron chi connectivity index (χ4n) is 1.15. The van der Waals surface area contributed by atoms with Crippen molar-refractivity contribution in [1.29, 1.82) is 0 Å². The Morgan fingerprint density at radius 2 is 0.903 bits per heavy atom. The summed E-state index contributed by atoms with van der Waals surface area (Å²) in [6.07, 6.45) is -38.8. The molecule has 4 nitrogen and oxygen atoms in total. The Labute approximate surface area is 178 Å². The number of carboxylic acids is 1. The molecule has 0 bridgehead atoms. The van der Waals surface area contributed by atoms with Gasteiger partial charge in [0, 0.05) is 29.6 Å². The van der Waals surface area contributed by atoms with Crippen LogP contribution in [0, 0.1) is 0 Å². The molecule has 22 heteroatoms. The third-order valence-electron chi connectivity index (χ3n) is 2.64. The van der Waals surface area contributed by atoms with Crippen molar-refractivity contribution >= 4 is 35.5 Å². The van der Waals surface area contributed by atoms with Gasteiger partial charge in [0.05, 0.1) is 0 Å². The Hall–Kier alpha value is -0.800. The number of alkyl halides is 17. The van der Waals surface area contributed by atoms with Crippen LogP contribution in [0.15, 0.2) is 0 Å². The summed E-state index contributed by atoms with van der Waals surface area (Å²) in [6.45, 7) is 0. The van der Waals surface area contributed by atoms with E-state index in [2.05, 4.69) is 0 Å².